The van der Waals surface area contributed by atoms with Gasteiger partial charge in [0.15, 0.2) is 17.4 Å². The van der Waals surface area contributed by atoms with Crippen LogP contribution in [0.4, 0.5) is 0 Å². The first-order valence-electron chi connectivity index (χ1n) is 7.27. The zero-order chi connectivity index (χ0) is 17.0. The molecule has 0 spiro atoms. The minimum absolute atomic E-state index is 0.111. The Bertz CT molecular complexity index is 685. The maximum absolute atomic E-state index is 11.5. The lowest BCUT2D eigenvalue weighted by molar-refractivity contribution is -0.0511. The Labute approximate surface area is 131 Å². The molecule has 2 aromatic rings. The third-order valence-electron chi connectivity index (χ3n) is 3.45. The second-order valence-electron chi connectivity index (χ2n) is 5.07. The smallest absolute Gasteiger partial charge is 0.278 e. The number of aliphatic hydroxyl groups excluding tert-OH is 3. The summed E-state index contributed by atoms with van der Waals surface area (Å²) in [5.74, 6) is 0. The molecule has 0 unspecified atom stereocenters. The van der Waals surface area contributed by atoms with Gasteiger partial charge in [0, 0.05) is 0 Å². The van der Waals surface area contributed by atoms with Crippen molar-refractivity contribution < 1.29 is 20.1 Å². The molecule has 3 heterocycles. The van der Waals surface area contributed by atoms with Gasteiger partial charge in [0.05, 0.1) is 19.3 Å². The molecule has 1 aliphatic heterocycles. The van der Waals surface area contributed by atoms with Crippen molar-refractivity contribution in [3.8, 4) is 0 Å². The van der Waals surface area contributed by atoms with Crippen LogP contribution in [0.1, 0.15) is 19.6 Å². The summed E-state index contributed by atoms with van der Waals surface area (Å²) in [6.45, 7) is 2.45. The number of fused-ring (bicyclic) bond motifs is 1. The van der Waals surface area contributed by atoms with E-state index < -0.39 is 36.7 Å². The normalized spacial score (nSPS) is 27.0. The number of aromatic nitrogens is 4. The lowest BCUT2D eigenvalue weighted by Gasteiger charge is -2.16. The summed E-state index contributed by atoms with van der Waals surface area (Å²) in [6.07, 6.45) is -0.687. The van der Waals surface area contributed by atoms with Gasteiger partial charge < -0.3 is 30.8 Å². The van der Waals surface area contributed by atoms with Crippen LogP contribution in [-0.2, 0) is 4.74 Å². The fourth-order valence-corrected chi connectivity index (χ4v) is 2.16. The quantitative estimate of drug-likeness (QED) is 0.436. The monoisotopic (exact) mass is 327 g/mol. The molecule has 0 bridgehead atoms. The Morgan fingerprint density at radius 1 is 1.39 bits per heavy atom. The highest BCUT2D eigenvalue weighted by Gasteiger charge is 2.43. The Hall–Kier alpha value is -1.85. The fourth-order valence-electron chi connectivity index (χ4n) is 2.16. The number of hydrogen-bond donors (Lipinski definition) is 5. The fraction of sp³-hybridized carbons (Fsp3) is 0.615. The molecular weight excluding hydrogens is 306 g/mol. The molecular formula is C13H21N5O5. The Balaban J connectivity index is 0.000000433. The minimum atomic E-state index is -1.24. The summed E-state index contributed by atoms with van der Waals surface area (Å²) in [5.41, 5.74) is 4.97. The van der Waals surface area contributed by atoms with Gasteiger partial charge in [0.2, 0.25) is 0 Å². The van der Waals surface area contributed by atoms with Crippen molar-refractivity contribution in [2.45, 2.75) is 37.9 Å². The van der Waals surface area contributed by atoms with Crippen molar-refractivity contribution in [1.82, 2.24) is 19.5 Å². The summed E-state index contributed by atoms with van der Waals surface area (Å²) in [5, 5.41) is 28.6. The Morgan fingerprint density at radius 2 is 2.09 bits per heavy atom. The molecule has 2 aromatic heterocycles. The number of hydrogen-bond acceptors (Lipinski definition) is 8. The first kappa shape index (κ1) is 17.5. The lowest BCUT2D eigenvalue weighted by atomic mass is 10.1. The van der Waals surface area contributed by atoms with E-state index in [-0.39, 0.29) is 11.2 Å². The van der Waals surface area contributed by atoms with Crippen molar-refractivity contribution in [2.24, 2.45) is 5.73 Å². The van der Waals surface area contributed by atoms with Gasteiger partial charge in [0.25, 0.3) is 5.56 Å². The summed E-state index contributed by atoms with van der Waals surface area (Å²) in [4.78, 5) is 21.8. The molecule has 0 amide bonds. The van der Waals surface area contributed by atoms with E-state index in [0.29, 0.717) is 0 Å². The Kier molecular flexibility index (Phi) is 5.80. The average Bonchev–Trinajstić information content (AvgIpc) is 3.11. The number of rotatable bonds is 3. The molecule has 1 saturated heterocycles. The van der Waals surface area contributed by atoms with Crippen LogP contribution < -0.4 is 11.3 Å². The van der Waals surface area contributed by atoms with Gasteiger partial charge in [-0.15, -0.1) is 0 Å². The summed E-state index contributed by atoms with van der Waals surface area (Å²) < 4.78 is 6.70. The molecule has 0 saturated carbocycles. The summed E-state index contributed by atoms with van der Waals surface area (Å²) in [7, 11) is 0. The predicted molar refractivity (Wildman–Crippen MR) is 80.5 cm³/mol. The zero-order valence-electron chi connectivity index (χ0n) is 12.7. The van der Waals surface area contributed by atoms with Crippen LogP contribution in [0.3, 0.4) is 0 Å². The van der Waals surface area contributed by atoms with Crippen molar-refractivity contribution >= 4 is 11.2 Å². The van der Waals surface area contributed by atoms with Crippen molar-refractivity contribution in [1.29, 1.82) is 0 Å². The first-order valence-corrected chi connectivity index (χ1v) is 7.27. The van der Waals surface area contributed by atoms with E-state index in [1.54, 1.807) is 0 Å². The number of nitrogens with one attached hydrogen (secondary N) is 1. The highest BCUT2D eigenvalue weighted by molar-refractivity contribution is 5.68. The van der Waals surface area contributed by atoms with Crippen molar-refractivity contribution in [3.63, 3.8) is 0 Å². The third kappa shape index (κ3) is 3.41. The Morgan fingerprint density at radius 3 is 2.65 bits per heavy atom. The number of H-pyrrole nitrogens is 1. The molecule has 10 nitrogen and oxygen atoms in total. The van der Waals surface area contributed by atoms with E-state index in [1.807, 2.05) is 0 Å². The molecule has 128 valence electrons. The molecule has 0 aliphatic carbocycles. The number of aromatic amines is 1. The molecule has 1 aliphatic rings. The molecule has 3 rings (SSSR count). The van der Waals surface area contributed by atoms with E-state index in [1.165, 1.54) is 17.2 Å². The number of nitrogens with zero attached hydrogens (tertiary/aromatic N) is 3. The van der Waals surface area contributed by atoms with Crippen molar-refractivity contribution in [2.75, 3.05) is 13.2 Å². The largest absolute Gasteiger partial charge is 0.394 e. The van der Waals surface area contributed by atoms with Crippen LogP contribution in [0.5, 0.6) is 0 Å². The van der Waals surface area contributed by atoms with Gasteiger partial charge in [0.1, 0.15) is 18.3 Å². The highest BCUT2D eigenvalue weighted by atomic mass is 16.6. The maximum atomic E-state index is 11.5. The highest BCUT2D eigenvalue weighted by Crippen LogP contribution is 2.30. The topological polar surface area (TPSA) is 160 Å². The molecule has 0 radical (unpaired) electrons. The van der Waals surface area contributed by atoms with E-state index in [2.05, 4.69) is 21.9 Å². The number of aliphatic hydroxyl groups is 3. The molecule has 1 fully saturated rings. The van der Waals surface area contributed by atoms with E-state index in [9.17, 15) is 15.0 Å². The average molecular weight is 327 g/mol. The van der Waals surface area contributed by atoms with Gasteiger partial charge >= 0.3 is 0 Å². The van der Waals surface area contributed by atoms with Crippen LogP contribution in [0.25, 0.3) is 11.2 Å². The van der Waals surface area contributed by atoms with E-state index in [4.69, 9.17) is 15.6 Å². The third-order valence-corrected chi connectivity index (χ3v) is 3.45. The van der Waals surface area contributed by atoms with Crippen molar-refractivity contribution in [3.05, 3.63) is 23.0 Å². The van der Waals surface area contributed by atoms with Gasteiger partial charge in [-0.2, -0.15) is 0 Å². The predicted octanol–water partition coefficient (Wildman–Crippen LogP) is -1.91. The first-order chi connectivity index (χ1) is 11.0. The molecule has 10 heteroatoms. The maximum Gasteiger partial charge on any atom is 0.278 e. The summed E-state index contributed by atoms with van der Waals surface area (Å²) >= 11 is 0. The van der Waals surface area contributed by atoms with E-state index >= 15 is 0 Å². The van der Waals surface area contributed by atoms with Gasteiger partial charge in [-0.05, 0) is 13.0 Å². The number of imidazole rings is 1. The zero-order valence-corrected chi connectivity index (χ0v) is 12.7. The van der Waals surface area contributed by atoms with Crippen LogP contribution in [0.15, 0.2) is 17.4 Å². The summed E-state index contributed by atoms with van der Waals surface area (Å²) in [6, 6.07) is 0. The molecule has 0 aromatic carbocycles. The second kappa shape index (κ2) is 7.62. The SMILES string of the molecule is CCCN.O=c1[nH]cnc2c1ncn2[C@@H]1O[C@H](CO)[C@@H](O)[C@H]1O. The molecule has 6 N–H and O–H groups in total. The number of nitrogens with two attached hydrogens (primary N) is 1. The van der Waals surface area contributed by atoms with Crippen LogP contribution in [0, 0.1) is 0 Å². The second-order valence-corrected chi connectivity index (χ2v) is 5.07. The lowest BCUT2D eigenvalue weighted by Crippen LogP contribution is -2.33. The van der Waals surface area contributed by atoms with E-state index in [0.717, 1.165) is 13.0 Å². The minimum Gasteiger partial charge on any atom is -0.394 e. The van der Waals surface area contributed by atoms with Crippen LogP contribution in [-0.4, -0.2) is 66.3 Å². The molecule has 23 heavy (non-hydrogen) atoms. The van der Waals surface area contributed by atoms with Gasteiger partial charge in [-0.1, -0.05) is 6.92 Å². The van der Waals surface area contributed by atoms with Gasteiger partial charge in [-0.25, -0.2) is 9.97 Å². The molecule has 4 atom stereocenters. The van der Waals surface area contributed by atoms with Crippen LogP contribution >= 0.6 is 0 Å². The van der Waals surface area contributed by atoms with Crippen LogP contribution in [0.2, 0.25) is 0 Å². The van der Waals surface area contributed by atoms with Gasteiger partial charge in [-0.3, -0.25) is 9.36 Å². The number of ether oxygens (including phenoxy) is 1. The standard InChI is InChI=1S/C10H12N4O5.C3H9N/c15-1-4-6(16)7(17)10(19-4)14-3-13-5-8(14)11-2-12-9(5)18;1-2-3-4/h2-4,6-7,10,15-17H,1H2,(H,11,12,18);2-4H2,1H3/t4-,6-,7-,10-;/m1./s1.